The van der Waals surface area contributed by atoms with Gasteiger partial charge in [0.15, 0.2) is 0 Å². The van der Waals surface area contributed by atoms with E-state index in [-0.39, 0.29) is 11.7 Å². The summed E-state index contributed by atoms with van der Waals surface area (Å²) in [6, 6.07) is 0. The zero-order valence-corrected chi connectivity index (χ0v) is 11.1. The third-order valence-corrected chi connectivity index (χ3v) is 3.85. The smallest absolute Gasteiger partial charge is 0.138 e. The van der Waals surface area contributed by atoms with Crippen LogP contribution in [0.3, 0.4) is 0 Å². The zero-order valence-electron chi connectivity index (χ0n) is 11.1. The third-order valence-electron chi connectivity index (χ3n) is 3.85. The Morgan fingerprint density at radius 1 is 1.31 bits per heavy atom. The van der Waals surface area contributed by atoms with Crippen molar-refractivity contribution in [1.29, 1.82) is 0 Å². The van der Waals surface area contributed by atoms with Crippen LogP contribution in [0.5, 0.6) is 0 Å². The number of rotatable bonds is 4. The van der Waals surface area contributed by atoms with E-state index in [0.29, 0.717) is 24.2 Å². The lowest BCUT2D eigenvalue weighted by Gasteiger charge is -2.33. The minimum atomic E-state index is -0.422. The molecule has 1 aliphatic rings. The second kappa shape index (κ2) is 5.81. The quantitative estimate of drug-likeness (QED) is 0.800. The molecule has 0 aromatic heterocycles. The molecular weight excluding hydrogens is 200 g/mol. The summed E-state index contributed by atoms with van der Waals surface area (Å²) in [5.74, 6) is 1.89. The van der Waals surface area contributed by atoms with E-state index in [9.17, 15) is 9.90 Å². The Labute approximate surface area is 99.4 Å². The Balaban J connectivity index is 2.58. The van der Waals surface area contributed by atoms with Crippen LogP contribution in [-0.4, -0.2) is 17.0 Å². The van der Waals surface area contributed by atoms with Gasteiger partial charge < -0.3 is 5.11 Å². The van der Waals surface area contributed by atoms with E-state index in [0.717, 1.165) is 19.3 Å². The molecule has 0 aromatic rings. The Bertz CT molecular complexity index is 233. The van der Waals surface area contributed by atoms with E-state index in [1.54, 1.807) is 0 Å². The molecule has 0 radical (unpaired) electrons. The number of aliphatic hydroxyl groups excluding tert-OH is 1. The van der Waals surface area contributed by atoms with Gasteiger partial charge in [-0.15, -0.1) is 0 Å². The van der Waals surface area contributed by atoms with Crippen LogP contribution in [0.4, 0.5) is 0 Å². The molecule has 0 bridgehead atoms. The highest BCUT2D eigenvalue weighted by atomic mass is 16.3. The van der Waals surface area contributed by atoms with E-state index in [4.69, 9.17) is 0 Å². The van der Waals surface area contributed by atoms with Crippen molar-refractivity contribution in [3.8, 4) is 0 Å². The van der Waals surface area contributed by atoms with Crippen LogP contribution in [0.25, 0.3) is 0 Å². The summed E-state index contributed by atoms with van der Waals surface area (Å²) in [6.45, 7) is 8.62. The minimum Gasteiger partial charge on any atom is -0.392 e. The predicted molar refractivity (Wildman–Crippen MR) is 66.1 cm³/mol. The average Bonchev–Trinajstić information content (AvgIpc) is 2.16. The maximum Gasteiger partial charge on any atom is 0.138 e. The summed E-state index contributed by atoms with van der Waals surface area (Å²) in [5.41, 5.74) is 0. The van der Waals surface area contributed by atoms with Crippen LogP contribution >= 0.6 is 0 Å². The fraction of sp³-hybridized carbons (Fsp3) is 0.929. The van der Waals surface area contributed by atoms with E-state index < -0.39 is 6.10 Å². The summed E-state index contributed by atoms with van der Waals surface area (Å²) in [7, 11) is 0. The molecule has 1 N–H and O–H groups in total. The van der Waals surface area contributed by atoms with Gasteiger partial charge in [0.2, 0.25) is 0 Å². The minimum absolute atomic E-state index is 0.0939. The summed E-state index contributed by atoms with van der Waals surface area (Å²) < 4.78 is 0. The Morgan fingerprint density at radius 2 is 1.94 bits per heavy atom. The van der Waals surface area contributed by atoms with Gasteiger partial charge in [0.25, 0.3) is 0 Å². The predicted octanol–water partition coefficient (Wildman–Crippen LogP) is 3.03. The fourth-order valence-corrected chi connectivity index (χ4v) is 2.71. The van der Waals surface area contributed by atoms with Gasteiger partial charge in [-0.25, -0.2) is 0 Å². The van der Waals surface area contributed by atoms with Gasteiger partial charge in [-0.1, -0.05) is 27.7 Å². The van der Waals surface area contributed by atoms with E-state index in [1.165, 1.54) is 0 Å². The molecule has 0 aliphatic heterocycles. The van der Waals surface area contributed by atoms with Crippen LogP contribution in [0.2, 0.25) is 0 Å². The largest absolute Gasteiger partial charge is 0.392 e. The summed E-state index contributed by atoms with van der Waals surface area (Å²) in [4.78, 5) is 11.8. The monoisotopic (exact) mass is 226 g/mol. The van der Waals surface area contributed by atoms with Crippen molar-refractivity contribution in [2.75, 3.05) is 0 Å². The molecule has 0 saturated heterocycles. The molecule has 0 aromatic carbocycles. The SMILES string of the molecule is CC(C)CC(O)C1CC(C(C)C)CCC1=O. The van der Waals surface area contributed by atoms with Gasteiger partial charge in [-0.2, -0.15) is 0 Å². The maximum atomic E-state index is 11.8. The summed E-state index contributed by atoms with van der Waals surface area (Å²) >= 11 is 0. The highest BCUT2D eigenvalue weighted by Crippen LogP contribution is 2.34. The van der Waals surface area contributed by atoms with E-state index >= 15 is 0 Å². The van der Waals surface area contributed by atoms with Gasteiger partial charge in [0.05, 0.1) is 6.10 Å². The standard InChI is InChI=1S/C14H26O2/c1-9(2)7-14(16)12-8-11(10(3)4)5-6-13(12)15/h9-12,14,16H,5-8H2,1-4H3. The highest BCUT2D eigenvalue weighted by Gasteiger charge is 2.34. The molecule has 1 saturated carbocycles. The number of Topliss-reactive ketones (excluding diaryl/α,β-unsaturated/α-hetero) is 1. The van der Waals surface area contributed by atoms with Crippen molar-refractivity contribution in [3.05, 3.63) is 0 Å². The molecule has 3 unspecified atom stereocenters. The lowest BCUT2D eigenvalue weighted by atomic mass is 9.72. The summed E-state index contributed by atoms with van der Waals surface area (Å²) in [6.07, 6.45) is 2.91. The molecular formula is C14H26O2. The molecule has 1 fully saturated rings. The van der Waals surface area contributed by atoms with Crippen LogP contribution < -0.4 is 0 Å². The molecule has 94 valence electrons. The van der Waals surface area contributed by atoms with Crippen LogP contribution in [0.1, 0.15) is 53.4 Å². The first-order chi connectivity index (χ1) is 7.41. The molecule has 1 rings (SSSR count). The maximum absolute atomic E-state index is 11.8. The molecule has 0 amide bonds. The second-order valence-electron chi connectivity index (χ2n) is 6.05. The number of ketones is 1. The highest BCUT2D eigenvalue weighted by molar-refractivity contribution is 5.82. The topological polar surface area (TPSA) is 37.3 Å². The first-order valence-corrected chi connectivity index (χ1v) is 6.62. The molecule has 2 heteroatoms. The van der Waals surface area contributed by atoms with E-state index in [1.807, 2.05) is 0 Å². The van der Waals surface area contributed by atoms with Crippen molar-refractivity contribution in [3.63, 3.8) is 0 Å². The summed E-state index contributed by atoms with van der Waals surface area (Å²) in [5, 5.41) is 10.1. The van der Waals surface area contributed by atoms with Crippen molar-refractivity contribution in [2.45, 2.75) is 59.5 Å². The molecule has 0 heterocycles. The number of hydrogen-bond donors (Lipinski definition) is 1. The second-order valence-corrected chi connectivity index (χ2v) is 6.05. The first-order valence-electron chi connectivity index (χ1n) is 6.62. The van der Waals surface area contributed by atoms with Crippen molar-refractivity contribution in [1.82, 2.24) is 0 Å². The van der Waals surface area contributed by atoms with Crippen LogP contribution in [0.15, 0.2) is 0 Å². The van der Waals surface area contributed by atoms with Gasteiger partial charge in [0, 0.05) is 12.3 Å². The van der Waals surface area contributed by atoms with Gasteiger partial charge >= 0.3 is 0 Å². The van der Waals surface area contributed by atoms with Crippen molar-refractivity contribution in [2.24, 2.45) is 23.7 Å². The molecule has 2 nitrogen and oxygen atoms in total. The average molecular weight is 226 g/mol. The number of hydrogen-bond acceptors (Lipinski definition) is 2. The molecule has 16 heavy (non-hydrogen) atoms. The number of aliphatic hydroxyl groups is 1. The van der Waals surface area contributed by atoms with Gasteiger partial charge in [-0.05, 0) is 37.0 Å². The number of carbonyl (C=O) groups is 1. The first kappa shape index (κ1) is 13.7. The Morgan fingerprint density at radius 3 is 2.44 bits per heavy atom. The normalized spacial score (nSPS) is 28.8. The molecule has 1 aliphatic carbocycles. The molecule has 0 spiro atoms. The zero-order chi connectivity index (χ0) is 12.3. The van der Waals surface area contributed by atoms with Gasteiger partial charge in [0.1, 0.15) is 5.78 Å². The Kier molecular flexibility index (Phi) is 4.97. The Hall–Kier alpha value is -0.370. The third kappa shape index (κ3) is 3.58. The van der Waals surface area contributed by atoms with Gasteiger partial charge in [-0.3, -0.25) is 4.79 Å². The lowest BCUT2D eigenvalue weighted by molar-refractivity contribution is -0.130. The fourth-order valence-electron chi connectivity index (χ4n) is 2.71. The van der Waals surface area contributed by atoms with Crippen LogP contribution in [-0.2, 0) is 4.79 Å². The number of carbonyl (C=O) groups excluding carboxylic acids is 1. The van der Waals surface area contributed by atoms with Crippen molar-refractivity contribution >= 4 is 5.78 Å². The van der Waals surface area contributed by atoms with E-state index in [2.05, 4.69) is 27.7 Å². The molecule has 3 atom stereocenters. The lowest BCUT2D eigenvalue weighted by Crippen LogP contribution is -2.36. The van der Waals surface area contributed by atoms with Crippen molar-refractivity contribution < 1.29 is 9.90 Å². The van der Waals surface area contributed by atoms with Crippen LogP contribution in [0, 0.1) is 23.7 Å².